The largest absolute Gasteiger partial charge is 0.317 e. The number of hydrogen-bond donors (Lipinski definition) is 1. The Morgan fingerprint density at radius 2 is 2.06 bits per heavy atom. The summed E-state index contributed by atoms with van der Waals surface area (Å²) in [7, 11) is 2.12. The summed E-state index contributed by atoms with van der Waals surface area (Å²) in [4.78, 5) is 0. The molecule has 0 aromatic heterocycles. The minimum Gasteiger partial charge on any atom is -0.317 e. The van der Waals surface area contributed by atoms with Gasteiger partial charge < -0.3 is 5.32 Å². The Labute approximate surface area is 108 Å². The van der Waals surface area contributed by atoms with Crippen LogP contribution in [-0.4, -0.2) is 13.1 Å². The Morgan fingerprint density at radius 3 is 2.65 bits per heavy atom. The van der Waals surface area contributed by atoms with Gasteiger partial charge in [-0.25, -0.2) is 0 Å². The SMILES string of the molecule is C#CCCCC(C)(C)C1CCC(C)CC1NC. The monoisotopic (exact) mass is 235 g/mol. The summed E-state index contributed by atoms with van der Waals surface area (Å²) in [5.74, 6) is 4.45. The van der Waals surface area contributed by atoms with Gasteiger partial charge in [0.15, 0.2) is 0 Å². The van der Waals surface area contributed by atoms with Gasteiger partial charge in [0.25, 0.3) is 0 Å². The summed E-state index contributed by atoms with van der Waals surface area (Å²) in [6.45, 7) is 7.23. The highest BCUT2D eigenvalue weighted by molar-refractivity contribution is 4.92. The summed E-state index contributed by atoms with van der Waals surface area (Å²) in [5, 5.41) is 3.54. The maximum atomic E-state index is 5.35. The van der Waals surface area contributed by atoms with Crippen LogP contribution in [0.4, 0.5) is 0 Å². The van der Waals surface area contributed by atoms with E-state index in [1.54, 1.807) is 0 Å². The van der Waals surface area contributed by atoms with Gasteiger partial charge in [-0.15, -0.1) is 12.3 Å². The number of nitrogens with one attached hydrogen (secondary N) is 1. The van der Waals surface area contributed by atoms with E-state index in [-0.39, 0.29) is 0 Å². The fraction of sp³-hybridized carbons (Fsp3) is 0.875. The van der Waals surface area contributed by atoms with Crippen molar-refractivity contribution in [2.75, 3.05) is 7.05 Å². The molecule has 0 bridgehead atoms. The van der Waals surface area contributed by atoms with Crippen molar-refractivity contribution >= 4 is 0 Å². The molecule has 0 amide bonds. The fourth-order valence-electron chi connectivity index (χ4n) is 3.47. The average molecular weight is 235 g/mol. The third kappa shape index (κ3) is 4.03. The Bertz CT molecular complexity index is 261. The van der Waals surface area contributed by atoms with Crippen LogP contribution in [0.25, 0.3) is 0 Å². The molecule has 1 saturated carbocycles. The molecule has 3 atom stereocenters. The molecule has 98 valence electrons. The molecule has 1 aliphatic rings. The second-order valence-corrected chi connectivity index (χ2v) is 6.47. The Balaban J connectivity index is 2.58. The van der Waals surface area contributed by atoms with Gasteiger partial charge in [0.1, 0.15) is 0 Å². The zero-order valence-corrected chi connectivity index (χ0v) is 12.1. The maximum Gasteiger partial charge on any atom is 0.00999 e. The van der Waals surface area contributed by atoms with Gasteiger partial charge >= 0.3 is 0 Å². The highest BCUT2D eigenvalue weighted by atomic mass is 14.9. The summed E-state index contributed by atoms with van der Waals surface area (Å²) in [5.41, 5.74) is 0.421. The quantitative estimate of drug-likeness (QED) is 0.564. The van der Waals surface area contributed by atoms with Gasteiger partial charge in [-0.05, 0) is 50.0 Å². The van der Waals surface area contributed by atoms with E-state index in [0.717, 1.165) is 18.3 Å². The van der Waals surface area contributed by atoms with Crippen molar-refractivity contribution in [2.45, 2.75) is 65.3 Å². The number of unbranched alkanes of at least 4 members (excludes halogenated alkanes) is 1. The van der Waals surface area contributed by atoms with E-state index in [4.69, 9.17) is 6.42 Å². The summed E-state index contributed by atoms with van der Waals surface area (Å²) in [6, 6.07) is 0.694. The zero-order valence-electron chi connectivity index (χ0n) is 12.1. The molecule has 0 spiro atoms. The first kappa shape index (κ1) is 14.6. The normalized spacial score (nSPS) is 29.9. The van der Waals surface area contributed by atoms with E-state index >= 15 is 0 Å². The van der Waals surface area contributed by atoms with Gasteiger partial charge in [-0.1, -0.05) is 27.2 Å². The first-order valence-electron chi connectivity index (χ1n) is 7.12. The molecule has 1 fully saturated rings. The van der Waals surface area contributed by atoms with Gasteiger partial charge in [0.2, 0.25) is 0 Å². The smallest absolute Gasteiger partial charge is 0.00999 e. The third-order valence-electron chi connectivity index (χ3n) is 4.63. The van der Waals surface area contributed by atoms with Crippen LogP contribution in [0, 0.1) is 29.6 Å². The molecule has 1 rings (SSSR count). The Kier molecular flexibility index (Phi) is 5.53. The molecule has 0 aromatic rings. The van der Waals surface area contributed by atoms with E-state index < -0.39 is 0 Å². The van der Waals surface area contributed by atoms with Crippen molar-refractivity contribution in [3.63, 3.8) is 0 Å². The molecule has 1 N–H and O–H groups in total. The third-order valence-corrected chi connectivity index (χ3v) is 4.63. The molecule has 1 heteroatoms. The molecule has 0 heterocycles. The molecule has 1 aliphatic carbocycles. The highest BCUT2D eigenvalue weighted by Crippen LogP contribution is 2.43. The van der Waals surface area contributed by atoms with Crippen LogP contribution in [0.5, 0.6) is 0 Å². The lowest BCUT2D eigenvalue weighted by Gasteiger charge is -2.44. The van der Waals surface area contributed by atoms with Crippen molar-refractivity contribution in [1.29, 1.82) is 0 Å². The van der Waals surface area contributed by atoms with Crippen LogP contribution in [-0.2, 0) is 0 Å². The van der Waals surface area contributed by atoms with Crippen molar-refractivity contribution in [3.8, 4) is 12.3 Å². The van der Waals surface area contributed by atoms with Gasteiger partial charge in [-0.2, -0.15) is 0 Å². The predicted molar refractivity (Wildman–Crippen MR) is 75.8 cm³/mol. The number of terminal acetylenes is 1. The van der Waals surface area contributed by atoms with Gasteiger partial charge in [0, 0.05) is 12.5 Å². The number of rotatable bonds is 5. The van der Waals surface area contributed by atoms with Crippen LogP contribution < -0.4 is 5.32 Å². The van der Waals surface area contributed by atoms with Crippen LogP contribution in [0.2, 0.25) is 0 Å². The maximum absolute atomic E-state index is 5.35. The molecule has 0 aromatic carbocycles. The van der Waals surface area contributed by atoms with E-state index in [0.29, 0.717) is 11.5 Å². The summed E-state index contributed by atoms with van der Waals surface area (Å²) in [6.07, 6.45) is 12.8. The molecule has 0 radical (unpaired) electrons. The highest BCUT2D eigenvalue weighted by Gasteiger charge is 2.37. The number of hydrogen-bond acceptors (Lipinski definition) is 1. The lowest BCUT2D eigenvalue weighted by atomic mass is 9.64. The van der Waals surface area contributed by atoms with Crippen LogP contribution in [0.1, 0.15) is 59.3 Å². The van der Waals surface area contributed by atoms with Crippen LogP contribution >= 0.6 is 0 Å². The van der Waals surface area contributed by atoms with Crippen LogP contribution in [0.3, 0.4) is 0 Å². The van der Waals surface area contributed by atoms with Crippen molar-refractivity contribution in [2.24, 2.45) is 17.3 Å². The molecule has 0 aliphatic heterocycles. The Morgan fingerprint density at radius 1 is 1.35 bits per heavy atom. The summed E-state index contributed by atoms with van der Waals surface area (Å²) < 4.78 is 0. The first-order chi connectivity index (χ1) is 8.01. The topological polar surface area (TPSA) is 12.0 Å². The fourth-order valence-corrected chi connectivity index (χ4v) is 3.47. The van der Waals surface area contributed by atoms with Crippen molar-refractivity contribution in [1.82, 2.24) is 5.32 Å². The lowest BCUT2D eigenvalue weighted by molar-refractivity contribution is 0.0890. The second-order valence-electron chi connectivity index (χ2n) is 6.47. The zero-order chi connectivity index (χ0) is 12.9. The first-order valence-corrected chi connectivity index (χ1v) is 7.12. The van der Waals surface area contributed by atoms with E-state index in [1.165, 1.54) is 32.1 Å². The van der Waals surface area contributed by atoms with E-state index in [2.05, 4.69) is 39.1 Å². The van der Waals surface area contributed by atoms with Crippen molar-refractivity contribution in [3.05, 3.63) is 0 Å². The van der Waals surface area contributed by atoms with Gasteiger partial charge in [-0.3, -0.25) is 0 Å². The minimum absolute atomic E-state index is 0.421. The lowest BCUT2D eigenvalue weighted by Crippen LogP contribution is -2.45. The predicted octanol–water partition coefficient (Wildman–Crippen LogP) is 3.84. The van der Waals surface area contributed by atoms with E-state index in [9.17, 15) is 0 Å². The molecule has 17 heavy (non-hydrogen) atoms. The van der Waals surface area contributed by atoms with Crippen LogP contribution in [0.15, 0.2) is 0 Å². The standard InChI is InChI=1S/C16H29N/c1-6-7-8-11-16(3,4)14-10-9-13(2)12-15(14)17-5/h1,13-15,17H,7-12H2,2-5H3. The van der Waals surface area contributed by atoms with Gasteiger partial charge in [0.05, 0.1) is 0 Å². The second kappa shape index (κ2) is 6.45. The van der Waals surface area contributed by atoms with E-state index in [1.807, 2.05) is 0 Å². The minimum atomic E-state index is 0.421. The molecule has 3 unspecified atom stereocenters. The molecular weight excluding hydrogens is 206 g/mol. The molecular formula is C16H29N. The summed E-state index contributed by atoms with van der Waals surface area (Å²) >= 11 is 0. The molecule has 0 saturated heterocycles. The Hall–Kier alpha value is -0.480. The van der Waals surface area contributed by atoms with Crippen molar-refractivity contribution < 1.29 is 0 Å². The molecule has 1 nitrogen and oxygen atoms in total. The average Bonchev–Trinajstić information content (AvgIpc) is 2.28.